The van der Waals surface area contributed by atoms with Gasteiger partial charge < -0.3 is 0 Å². The van der Waals surface area contributed by atoms with Crippen molar-refractivity contribution in [2.45, 2.75) is 10.8 Å². The molecular formula is C5H5N3S3. The van der Waals surface area contributed by atoms with E-state index in [1.54, 1.807) is 11.8 Å². The lowest BCUT2D eigenvalue weighted by Crippen LogP contribution is -1.75. The molecule has 0 saturated carbocycles. The van der Waals surface area contributed by atoms with Crippen molar-refractivity contribution in [2.75, 3.05) is 5.75 Å². The van der Waals surface area contributed by atoms with Crippen LogP contribution in [0.25, 0.3) is 0 Å². The lowest BCUT2D eigenvalue weighted by Gasteiger charge is -1.86. The Labute approximate surface area is 77.4 Å². The molecule has 0 aliphatic carbocycles. The minimum absolute atomic E-state index is 0.553. The molecule has 11 heavy (non-hydrogen) atoms. The van der Waals surface area contributed by atoms with Crippen molar-refractivity contribution >= 4 is 35.3 Å². The first-order valence-electron chi connectivity index (χ1n) is 2.88. The van der Waals surface area contributed by atoms with E-state index >= 15 is 0 Å². The molecule has 0 radical (unpaired) electrons. The van der Waals surface area contributed by atoms with Gasteiger partial charge in [0.15, 0.2) is 8.29 Å². The zero-order valence-corrected chi connectivity index (χ0v) is 7.98. The molecule has 0 unspecified atom stereocenters. The molecule has 1 aromatic rings. The topological polar surface area (TPSA) is 52.5 Å². The molecule has 1 N–H and O–H groups in total. The third kappa shape index (κ3) is 3.01. The zero-order valence-electron chi connectivity index (χ0n) is 5.53. The molecule has 1 aromatic heterocycles. The highest BCUT2D eigenvalue weighted by atomic mass is 32.2. The van der Waals surface area contributed by atoms with E-state index in [-0.39, 0.29) is 0 Å². The number of nitriles is 1. The van der Waals surface area contributed by atoms with Gasteiger partial charge in [0.2, 0.25) is 0 Å². The summed E-state index contributed by atoms with van der Waals surface area (Å²) < 4.78 is 1.59. The normalized spacial score (nSPS) is 9.36. The Morgan fingerprint density at radius 2 is 2.64 bits per heavy atom. The lowest BCUT2D eigenvalue weighted by molar-refractivity contribution is 1.00. The monoisotopic (exact) mass is 203 g/mol. The summed E-state index contributed by atoms with van der Waals surface area (Å²) in [7, 11) is 0. The maximum atomic E-state index is 8.24. The Bertz CT molecular complexity index is 307. The van der Waals surface area contributed by atoms with Crippen LogP contribution in [0.15, 0.2) is 4.34 Å². The number of aromatic nitrogens is 2. The van der Waals surface area contributed by atoms with Gasteiger partial charge >= 0.3 is 0 Å². The Hall–Kier alpha value is -0.380. The summed E-state index contributed by atoms with van der Waals surface area (Å²) in [6.07, 6.45) is 0.553. The van der Waals surface area contributed by atoms with Crippen molar-refractivity contribution in [3.05, 3.63) is 3.95 Å². The van der Waals surface area contributed by atoms with Crippen LogP contribution in [0, 0.1) is 15.3 Å². The summed E-state index contributed by atoms with van der Waals surface area (Å²) in [5.41, 5.74) is 0. The van der Waals surface area contributed by atoms with Gasteiger partial charge in [0.25, 0.3) is 0 Å². The summed E-state index contributed by atoms with van der Waals surface area (Å²) in [4.78, 5) is 0. The van der Waals surface area contributed by atoms with Gasteiger partial charge in [0.05, 0.1) is 6.07 Å². The third-order valence-corrected chi connectivity index (χ3v) is 3.09. The highest BCUT2D eigenvalue weighted by Gasteiger charge is 1.96. The molecule has 1 heterocycles. The van der Waals surface area contributed by atoms with Gasteiger partial charge in [0, 0.05) is 12.2 Å². The molecule has 0 amide bonds. The fraction of sp³-hybridized carbons (Fsp3) is 0.400. The number of nitrogens with zero attached hydrogens (tertiary/aromatic N) is 2. The minimum Gasteiger partial charge on any atom is -0.257 e. The molecule has 6 heteroatoms. The van der Waals surface area contributed by atoms with Crippen molar-refractivity contribution in [3.63, 3.8) is 0 Å². The van der Waals surface area contributed by atoms with Crippen molar-refractivity contribution in [3.8, 4) is 6.07 Å². The van der Waals surface area contributed by atoms with Crippen LogP contribution in [0.2, 0.25) is 0 Å². The van der Waals surface area contributed by atoms with E-state index in [2.05, 4.69) is 16.3 Å². The van der Waals surface area contributed by atoms with E-state index in [4.69, 9.17) is 17.5 Å². The van der Waals surface area contributed by atoms with E-state index in [1.807, 2.05) is 0 Å². The molecule has 3 nitrogen and oxygen atoms in total. The molecule has 0 bridgehead atoms. The zero-order chi connectivity index (χ0) is 8.10. The fourth-order valence-electron chi connectivity index (χ4n) is 0.462. The van der Waals surface area contributed by atoms with Crippen molar-refractivity contribution in [2.24, 2.45) is 0 Å². The molecule has 0 aliphatic heterocycles. The van der Waals surface area contributed by atoms with Crippen LogP contribution in [0.1, 0.15) is 6.42 Å². The van der Waals surface area contributed by atoms with Crippen LogP contribution >= 0.6 is 35.3 Å². The Morgan fingerprint density at radius 1 is 1.82 bits per heavy atom. The van der Waals surface area contributed by atoms with Gasteiger partial charge in [0.1, 0.15) is 0 Å². The highest BCUT2D eigenvalue weighted by Crippen LogP contribution is 2.20. The van der Waals surface area contributed by atoms with Crippen LogP contribution in [0.5, 0.6) is 0 Å². The summed E-state index contributed by atoms with van der Waals surface area (Å²) >= 11 is 7.83. The van der Waals surface area contributed by atoms with Crippen LogP contribution < -0.4 is 0 Å². The molecule has 1 rings (SSSR count). The molecule has 0 saturated heterocycles. The molecule has 0 atom stereocenters. The highest BCUT2D eigenvalue weighted by molar-refractivity contribution is 8.01. The van der Waals surface area contributed by atoms with Crippen LogP contribution in [0.3, 0.4) is 0 Å². The lowest BCUT2D eigenvalue weighted by atomic mass is 10.6. The van der Waals surface area contributed by atoms with Gasteiger partial charge in [-0.2, -0.15) is 10.4 Å². The number of aromatic amines is 1. The summed E-state index contributed by atoms with van der Waals surface area (Å²) in [5, 5.41) is 14.8. The van der Waals surface area contributed by atoms with E-state index in [0.717, 1.165) is 10.1 Å². The van der Waals surface area contributed by atoms with Gasteiger partial charge in [-0.1, -0.05) is 23.1 Å². The SMILES string of the molecule is N#CCCSc1n[nH]c(=S)s1. The van der Waals surface area contributed by atoms with Gasteiger partial charge in [-0.15, -0.1) is 0 Å². The second-order valence-electron chi connectivity index (χ2n) is 1.64. The molecule has 58 valence electrons. The number of hydrogen-bond acceptors (Lipinski definition) is 5. The van der Waals surface area contributed by atoms with E-state index < -0.39 is 0 Å². The quantitative estimate of drug-likeness (QED) is 0.465. The second-order valence-corrected chi connectivity index (χ2v) is 4.64. The second kappa shape index (κ2) is 4.49. The Kier molecular flexibility index (Phi) is 3.56. The summed E-state index contributed by atoms with van der Waals surface area (Å²) in [6.45, 7) is 0. The maximum absolute atomic E-state index is 8.24. The first-order chi connectivity index (χ1) is 5.33. The number of H-pyrrole nitrogens is 1. The van der Waals surface area contributed by atoms with Crippen LogP contribution in [-0.4, -0.2) is 16.0 Å². The Balaban J connectivity index is 2.40. The van der Waals surface area contributed by atoms with Crippen molar-refractivity contribution < 1.29 is 0 Å². The van der Waals surface area contributed by atoms with Gasteiger partial charge in [-0.3, -0.25) is 5.10 Å². The van der Waals surface area contributed by atoms with E-state index in [1.165, 1.54) is 11.3 Å². The molecule has 0 spiro atoms. The van der Waals surface area contributed by atoms with Crippen molar-refractivity contribution in [1.29, 1.82) is 5.26 Å². The molecule has 0 fully saturated rings. The van der Waals surface area contributed by atoms with Crippen LogP contribution in [-0.2, 0) is 0 Å². The average molecular weight is 203 g/mol. The van der Waals surface area contributed by atoms with Gasteiger partial charge in [-0.25, -0.2) is 0 Å². The predicted molar refractivity (Wildman–Crippen MR) is 48.3 cm³/mol. The minimum atomic E-state index is 0.553. The molecular weight excluding hydrogens is 198 g/mol. The largest absolute Gasteiger partial charge is 0.257 e. The van der Waals surface area contributed by atoms with Crippen molar-refractivity contribution in [1.82, 2.24) is 10.2 Å². The fourth-order valence-corrected chi connectivity index (χ4v) is 2.46. The van der Waals surface area contributed by atoms with E-state index in [0.29, 0.717) is 10.4 Å². The molecule has 0 aliphatic rings. The number of rotatable bonds is 3. The first kappa shape index (κ1) is 8.71. The standard InChI is InChI=1S/C5H5N3S3/c6-2-1-3-10-5-8-7-4(9)11-5/h1,3H2,(H,7,9). The average Bonchev–Trinajstić information content (AvgIpc) is 2.37. The predicted octanol–water partition coefficient (Wildman–Crippen LogP) is 2.21. The number of nitrogens with one attached hydrogen (secondary N) is 1. The number of hydrogen-bond donors (Lipinski definition) is 1. The maximum Gasteiger partial charge on any atom is 0.177 e. The summed E-state index contributed by atoms with van der Waals surface area (Å²) in [6, 6.07) is 2.06. The number of thioether (sulfide) groups is 1. The smallest absolute Gasteiger partial charge is 0.177 e. The molecule has 0 aromatic carbocycles. The summed E-state index contributed by atoms with van der Waals surface area (Å²) in [5.74, 6) is 0.784. The van der Waals surface area contributed by atoms with E-state index in [9.17, 15) is 0 Å². The third-order valence-electron chi connectivity index (χ3n) is 0.858. The Morgan fingerprint density at radius 3 is 3.18 bits per heavy atom. The first-order valence-corrected chi connectivity index (χ1v) is 5.09. The van der Waals surface area contributed by atoms with Gasteiger partial charge in [-0.05, 0) is 12.2 Å². The van der Waals surface area contributed by atoms with Crippen LogP contribution in [0.4, 0.5) is 0 Å².